The lowest BCUT2D eigenvalue weighted by atomic mass is 10.0. The van der Waals surface area contributed by atoms with Crippen LogP contribution in [-0.4, -0.2) is 11.8 Å². The van der Waals surface area contributed by atoms with Crippen molar-refractivity contribution in [2.75, 3.05) is 0 Å². The first-order valence-electron chi connectivity index (χ1n) is 10.9. The van der Waals surface area contributed by atoms with Crippen LogP contribution < -0.4 is 0 Å². The van der Waals surface area contributed by atoms with Gasteiger partial charge in [-0.2, -0.15) is 17.6 Å². The van der Waals surface area contributed by atoms with Gasteiger partial charge in [-0.3, -0.25) is 0 Å². The van der Waals surface area contributed by atoms with E-state index in [0.29, 0.717) is 11.1 Å². The zero-order chi connectivity index (χ0) is 23.2. The molecule has 32 heavy (non-hydrogen) atoms. The van der Waals surface area contributed by atoms with Gasteiger partial charge in [0.05, 0.1) is 0 Å². The summed E-state index contributed by atoms with van der Waals surface area (Å²) in [5.41, 5.74) is 3.49. The van der Waals surface area contributed by atoms with Gasteiger partial charge in [-0.1, -0.05) is 75.2 Å². The number of hydrogen-bond acceptors (Lipinski definition) is 2. The normalized spacial score (nSPS) is 16.8. The number of benzene rings is 2. The fourth-order valence-corrected chi connectivity index (χ4v) is 3.45. The van der Waals surface area contributed by atoms with Gasteiger partial charge in [-0.15, -0.1) is 0 Å². The van der Waals surface area contributed by atoms with E-state index >= 15 is 0 Å². The quantitative estimate of drug-likeness (QED) is 0.353. The van der Waals surface area contributed by atoms with Gasteiger partial charge < -0.3 is 9.47 Å². The average molecular weight is 449 g/mol. The largest absolute Gasteiger partial charge is 0.487 e. The minimum absolute atomic E-state index is 0.224. The molecule has 1 aliphatic carbocycles. The average Bonchev–Trinajstić information content (AvgIpc) is 2.77. The van der Waals surface area contributed by atoms with Crippen LogP contribution in [0, 0.1) is 0 Å². The number of hydrogen-bond donors (Lipinski definition) is 0. The van der Waals surface area contributed by atoms with Crippen LogP contribution in [0.3, 0.4) is 0 Å². The van der Waals surface area contributed by atoms with Crippen LogP contribution in [0.4, 0.5) is 17.6 Å². The Hall–Kier alpha value is -2.76. The number of rotatable bonds is 10. The van der Waals surface area contributed by atoms with Crippen molar-refractivity contribution in [3.63, 3.8) is 0 Å². The van der Waals surface area contributed by atoms with Gasteiger partial charge in [-0.25, -0.2) is 0 Å². The summed E-state index contributed by atoms with van der Waals surface area (Å²) >= 11 is 0. The Bertz CT molecular complexity index is 865. The SMILES string of the molecule is CCCc1ccc(COC2=CC=C(OCc3ccc(CCC)cc3)C(F)(F)C2(F)F)cc1. The highest BCUT2D eigenvalue weighted by Gasteiger charge is 2.65. The number of allylic oxidation sites excluding steroid dienone is 4. The summed E-state index contributed by atoms with van der Waals surface area (Å²) in [7, 11) is 0. The standard InChI is InChI=1S/C26H28F4O2/c1-3-5-19-7-11-21(12-8-19)17-31-23-15-16-24(26(29,30)25(23,27)28)32-18-22-13-9-20(6-4-2)10-14-22/h7-16H,3-6,17-18H2,1-2H3. The maximum absolute atomic E-state index is 14.6. The van der Waals surface area contributed by atoms with E-state index in [-0.39, 0.29) is 13.2 Å². The molecule has 2 nitrogen and oxygen atoms in total. The van der Waals surface area contributed by atoms with E-state index in [1.165, 1.54) is 0 Å². The molecule has 0 saturated carbocycles. The molecule has 2 aromatic carbocycles. The minimum Gasteiger partial charge on any atom is -0.487 e. The molecule has 0 aromatic heterocycles. The van der Waals surface area contributed by atoms with Crippen molar-refractivity contribution in [1.82, 2.24) is 0 Å². The monoisotopic (exact) mass is 448 g/mol. The molecular formula is C26H28F4O2. The van der Waals surface area contributed by atoms with Crippen LogP contribution in [0.25, 0.3) is 0 Å². The lowest BCUT2D eigenvalue weighted by Gasteiger charge is -2.32. The zero-order valence-corrected chi connectivity index (χ0v) is 18.3. The molecule has 2 aromatic rings. The van der Waals surface area contributed by atoms with Gasteiger partial charge in [-0.05, 0) is 47.2 Å². The van der Waals surface area contributed by atoms with E-state index in [9.17, 15) is 17.6 Å². The Labute approximate surface area is 186 Å². The lowest BCUT2D eigenvalue weighted by Crippen LogP contribution is -2.46. The van der Waals surface area contributed by atoms with Gasteiger partial charge in [0, 0.05) is 0 Å². The molecule has 0 N–H and O–H groups in total. The molecule has 0 spiro atoms. The highest BCUT2D eigenvalue weighted by Crippen LogP contribution is 2.48. The molecule has 0 bridgehead atoms. The summed E-state index contributed by atoms with van der Waals surface area (Å²) in [6, 6.07) is 14.5. The molecule has 0 fully saturated rings. The molecule has 0 radical (unpaired) electrons. The summed E-state index contributed by atoms with van der Waals surface area (Å²) < 4.78 is 68.4. The fraction of sp³-hybridized carbons (Fsp3) is 0.385. The van der Waals surface area contributed by atoms with Crippen LogP contribution in [0.15, 0.2) is 72.2 Å². The fourth-order valence-electron chi connectivity index (χ4n) is 3.45. The van der Waals surface area contributed by atoms with Crippen LogP contribution >= 0.6 is 0 Å². The molecule has 0 saturated heterocycles. The molecule has 0 amide bonds. The Morgan fingerprint density at radius 1 is 0.562 bits per heavy atom. The second kappa shape index (κ2) is 10.2. The van der Waals surface area contributed by atoms with Crippen LogP contribution in [0.5, 0.6) is 0 Å². The van der Waals surface area contributed by atoms with Crippen molar-refractivity contribution in [3.8, 4) is 0 Å². The smallest absolute Gasteiger partial charge is 0.373 e. The molecule has 3 rings (SSSR count). The zero-order valence-electron chi connectivity index (χ0n) is 18.3. The molecule has 0 unspecified atom stereocenters. The van der Waals surface area contributed by atoms with Crippen LogP contribution in [0.2, 0.25) is 0 Å². The van der Waals surface area contributed by atoms with E-state index in [4.69, 9.17) is 9.47 Å². The summed E-state index contributed by atoms with van der Waals surface area (Å²) in [6.07, 6.45) is 5.53. The van der Waals surface area contributed by atoms with Gasteiger partial charge in [0.15, 0.2) is 11.5 Å². The molecule has 0 heterocycles. The third-order valence-electron chi connectivity index (χ3n) is 5.31. The van der Waals surface area contributed by atoms with E-state index in [2.05, 4.69) is 13.8 Å². The van der Waals surface area contributed by atoms with E-state index < -0.39 is 23.4 Å². The highest BCUT2D eigenvalue weighted by atomic mass is 19.3. The van der Waals surface area contributed by atoms with Crippen LogP contribution in [-0.2, 0) is 35.5 Å². The van der Waals surface area contributed by atoms with Gasteiger partial charge in [0.1, 0.15) is 13.2 Å². The molecular weight excluding hydrogens is 420 g/mol. The molecule has 172 valence electrons. The van der Waals surface area contributed by atoms with E-state index in [1.54, 1.807) is 24.3 Å². The van der Waals surface area contributed by atoms with Gasteiger partial charge in [0.2, 0.25) is 0 Å². The summed E-state index contributed by atoms with van der Waals surface area (Å²) in [4.78, 5) is 0. The van der Waals surface area contributed by atoms with Crippen molar-refractivity contribution >= 4 is 0 Å². The van der Waals surface area contributed by atoms with Crippen molar-refractivity contribution in [2.24, 2.45) is 0 Å². The summed E-state index contributed by atoms with van der Waals surface area (Å²) in [5.74, 6) is -11.2. The number of aryl methyl sites for hydroxylation is 2. The summed E-state index contributed by atoms with van der Waals surface area (Å²) in [5, 5.41) is 0. The predicted molar refractivity (Wildman–Crippen MR) is 117 cm³/mol. The van der Waals surface area contributed by atoms with Crippen molar-refractivity contribution in [2.45, 2.75) is 64.6 Å². The molecule has 0 atom stereocenters. The number of alkyl halides is 4. The third-order valence-corrected chi connectivity index (χ3v) is 5.31. The van der Waals surface area contributed by atoms with E-state index in [1.807, 2.05) is 24.3 Å². The van der Waals surface area contributed by atoms with Crippen molar-refractivity contribution in [1.29, 1.82) is 0 Å². The second-order valence-corrected chi connectivity index (χ2v) is 7.92. The first-order valence-corrected chi connectivity index (χ1v) is 10.9. The van der Waals surface area contributed by atoms with Crippen LogP contribution in [0.1, 0.15) is 48.9 Å². The van der Waals surface area contributed by atoms with Crippen molar-refractivity contribution < 1.29 is 27.0 Å². The predicted octanol–water partition coefficient (Wildman–Crippen LogP) is 7.38. The Morgan fingerprint density at radius 2 is 0.875 bits per heavy atom. The van der Waals surface area contributed by atoms with Gasteiger partial charge in [0.25, 0.3) is 0 Å². The Kier molecular flexibility index (Phi) is 7.64. The molecule has 6 heteroatoms. The topological polar surface area (TPSA) is 18.5 Å². The minimum atomic E-state index is -4.51. The van der Waals surface area contributed by atoms with Crippen molar-refractivity contribution in [3.05, 3.63) is 94.5 Å². The number of halogens is 4. The summed E-state index contributed by atoms with van der Waals surface area (Å²) in [6.45, 7) is 3.67. The second-order valence-electron chi connectivity index (χ2n) is 7.92. The Morgan fingerprint density at radius 3 is 1.19 bits per heavy atom. The molecule has 1 aliphatic rings. The molecule has 0 aliphatic heterocycles. The lowest BCUT2D eigenvalue weighted by molar-refractivity contribution is -0.206. The Balaban J connectivity index is 1.66. The maximum Gasteiger partial charge on any atom is 0.373 e. The van der Waals surface area contributed by atoms with Gasteiger partial charge >= 0.3 is 11.8 Å². The van der Waals surface area contributed by atoms with E-state index in [0.717, 1.165) is 49.0 Å². The number of ether oxygens (including phenoxy) is 2. The maximum atomic E-state index is 14.6. The first kappa shape index (κ1) is 23.9. The first-order chi connectivity index (χ1) is 15.3. The third kappa shape index (κ3) is 5.34. The highest BCUT2D eigenvalue weighted by molar-refractivity contribution is 5.33.